The first-order chi connectivity index (χ1) is 2.81. The van der Waals surface area contributed by atoms with Gasteiger partial charge in [-0.15, -0.1) is 23.2 Å². The molecule has 0 fully saturated rings. The first-order valence-corrected chi connectivity index (χ1v) is 4.07. The fourth-order valence-corrected chi connectivity index (χ4v) is 0.830. The van der Waals surface area contributed by atoms with Crippen molar-refractivity contribution < 1.29 is 0 Å². The van der Waals surface area contributed by atoms with E-state index in [4.69, 9.17) is 23.2 Å². The Bertz CT molecular complexity index is 28.0. The maximum Gasteiger partial charge on any atom is 0.0560 e. The fourth-order valence-electron chi connectivity index (χ4n) is 0.0412. The van der Waals surface area contributed by atoms with Gasteiger partial charge in [0.05, 0.1) is 5.38 Å². The minimum atomic E-state index is 0.160. The highest BCUT2D eigenvalue weighted by Crippen LogP contribution is 2.01. The third kappa shape index (κ3) is 3.50. The van der Waals surface area contributed by atoms with Gasteiger partial charge in [-0.3, -0.25) is 0 Å². The van der Waals surface area contributed by atoms with Gasteiger partial charge >= 0.3 is 0 Å². The average molecular weight is 239 g/mol. The molecule has 0 saturated heterocycles. The molecule has 0 spiro atoms. The second-order valence-electron chi connectivity index (χ2n) is 0.906. The zero-order valence-corrected chi connectivity index (χ0v) is 6.79. The van der Waals surface area contributed by atoms with Crippen LogP contribution in [0.2, 0.25) is 0 Å². The summed E-state index contributed by atoms with van der Waals surface area (Å²) in [5, 5.41) is 0.160. The van der Waals surface area contributed by atoms with Crippen molar-refractivity contribution in [2.24, 2.45) is 0 Å². The molecule has 0 N–H and O–H groups in total. The van der Waals surface area contributed by atoms with E-state index >= 15 is 0 Å². The van der Waals surface area contributed by atoms with Gasteiger partial charge in [-0.2, -0.15) is 0 Å². The summed E-state index contributed by atoms with van der Waals surface area (Å²) >= 11 is 13.0. The zero-order valence-electron chi connectivity index (χ0n) is 3.13. The Balaban J connectivity index is 2.75. The van der Waals surface area contributed by atoms with Crippen molar-refractivity contribution in [3.8, 4) is 0 Å². The molecule has 0 radical (unpaired) electrons. The molecule has 0 aromatic heterocycles. The lowest BCUT2D eigenvalue weighted by molar-refractivity contribution is 1.15. The SMILES string of the molecule is ClCC(Cl)CI. The lowest BCUT2D eigenvalue weighted by Gasteiger charge is -1.92. The normalized spacial score (nSPS) is 14.5. The molecular weight excluding hydrogens is 234 g/mol. The van der Waals surface area contributed by atoms with Crippen LogP contribution in [0.15, 0.2) is 0 Å². The molecule has 0 nitrogen and oxygen atoms in total. The molecule has 1 atom stereocenters. The Kier molecular flexibility index (Phi) is 5.44. The predicted octanol–water partition coefficient (Wildman–Crippen LogP) is 2.27. The molecule has 0 saturated carbocycles. The minimum Gasteiger partial charge on any atom is -0.125 e. The van der Waals surface area contributed by atoms with E-state index in [1.54, 1.807) is 0 Å². The largest absolute Gasteiger partial charge is 0.125 e. The monoisotopic (exact) mass is 238 g/mol. The van der Waals surface area contributed by atoms with Gasteiger partial charge in [0.1, 0.15) is 0 Å². The molecule has 6 heavy (non-hydrogen) atoms. The van der Waals surface area contributed by atoms with Crippen LogP contribution in [0.1, 0.15) is 0 Å². The molecule has 38 valence electrons. The van der Waals surface area contributed by atoms with Crippen molar-refractivity contribution in [2.75, 3.05) is 10.3 Å². The molecule has 0 heterocycles. The molecule has 0 bridgehead atoms. The van der Waals surface area contributed by atoms with Gasteiger partial charge in [0.2, 0.25) is 0 Å². The standard InChI is InChI=1S/C3H5Cl2I/c4-1-3(5)2-6/h3H,1-2H2. The number of halogens is 3. The van der Waals surface area contributed by atoms with Crippen LogP contribution in [0, 0.1) is 0 Å². The Morgan fingerprint density at radius 1 is 1.67 bits per heavy atom. The summed E-state index contributed by atoms with van der Waals surface area (Å²) < 4.78 is 0.933. The minimum absolute atomic E-state index is 0.160. The van der Waals surface area contributed by atoms with E-state index in [2.05, 4.69) is 22.6 Å². The molecule has 0 amide bonds. The van der Waals surface area contributed by atoms with Crippen LogP contribution in [0.4, 0.5) is 0 Å². The number of rotatable bonds is 2. The third-order valence-corrected chi connectivity index (χ3v) is 2.76. The van der Waals surface area contributed by atoms with Crippen LogP contribution >= 0.6 is 45.8 Å². The van der Waals surface area contributed by atoms with E-state index in [1.807, 2.05) is 0 Å². The van der Waals surface area contributed by atoms with E-state index in [9.17, 15) is 0 Å². The predicted molar refractivity (Wildman–Crippen MR) is 39.2 cm³/mol. The average Bonchev–Trinajstić information content (AvgIpc) is 1.65. The van der Waals surface area contributed by atoms with Gasteiger partial charge < -0.3 is 0 Å². The topological polar surface area (TPSA) is 0 Å². The van der Waals surface area contributed by atoms with Crippen molar-refractivity contribution in [3.63, 3.8) is 0 Å². The Morgan fingerprint density at radius 3 is 2.17 bits per heavy atom. The van der Waals surface area contributed by atoms with Crippen molar-refractivity contribution in [2.45, 2.75) is 5.38 Å². The first kappa shape index (κ1) is 7.31. The molecule has 0 aliphatic heterocycles. The second-order valence-corrected chi connectivity index (χ2v) is 2.71. The van der Waals surface area contributed by atoms with E-state index < -0.39 is 0 Å². The second kappa shape index (κ2) is 4.47. The van der Waals surface area contributed by atoms with Gasteiger partial charge in [0.25, 0.3) is 0 Å². The van der Waals surface area contributed by atoms with Crippen LogP contribution in [0.5, 0.6) is 0 Å². The van der Waals surface area contributed by atoms with Gasteiger partial charge in [0, 0.05) is 10.3 Å². The molecule has 0 aliphatic rings. The van der Waals surface area contributed by atoms with Crippen LogP contribution < -0.4 is 0 Å². The van der Waals surface area contributed by atoms with E-state index in [-0.39, 0.29) is 5.38 Å². The lowest BCUT2D eigenvalue weighted by atomic mass is 10.6. The van der Waals surface area contributed by atoms with Gasteiger partial charge in [-0.25, -0.2) is 0 Å². The highest BCUT2D eigenvalue weighted by Gasteiger charge is 1.95. The molecule has 0 rings (SSSR count). The van der Waals surface area contributed by atoms with Crippen molar-refractivity contribution in [1.82, 2.24) is 0 Å². The number of alkyl halides is 3. The summed E-state index contributed by atoms with van der Waals surface area (Å²) in [5.41, 5.74) is 0. The molecule has 1 unspecified atom stereocenters. The third-order valence-electron chi connectivity index (χ3n) is 0.335. The molecule has 3 heteroatoms. The number of hydrogen-bond acceptors (Lipinski definition) is 0. The molecular formula is C3H5Cl2I. The number of hydrogen-bond donors (Lipinski definition) is 0. The quantitative estimate of drug-likeness (QED) is 0.512. The van der Waals surface area contributed by atoms with E-state index in [1.165, 1.54) is 0 Å². The smallest absolute Gasteiger partial charge is 0.0560 e. The Hall–Kier alpha value is 1.31. The molecule has 0 aromatic rings. The van der Waals surface area contributed by atoms with Crippen LogP contribution in [0.3, 0.4) is 0 Å². The Labute approximate surface area is 61.3 Å². The summed E-state index contributed by atoms with van der Waals surface area (Å²) in [4.78, 5) is 0. The fraction of sp³-hybridized carbons (Fsp3) is 1.00. The maximum absolute atomic E-state index is 5.51. The van der Waals surface area contributed by atoms with E-state index in [0.29, 0.717) is 5.88 Å². The van der Waals surface area contributed by atoms with Crippen molar-refractivity contribution >= 4 is 45.8 Å². The van der Waals surface area contributed by atoms with E-state index in [0.717, 1.165) is 4.43 Å². The van der Waals surface area contributed by atoms with Gasteiger partial charge in [0.15, 0.2) is 0 Å². The zero-order chi connectivity index (χ0) is 4.99. The van der Waals surface area contributed by atoms with Crippen LogP contribution in [-0.2, 0) is 0 Å². The summed E-state index contributed by atoms with van der Waals surface area (Å²) in [5.74, 6) is 0.560. The van der Waals surface area contributed by atoms with Gasteiger partial charge in [-0.1, -0.05) is 22.6 Å². The van der Waals surface area contributed by atoms with Crippen LogP contribution in [-0.4, -0.2) is 15.7 Å². The Morgan fingerprint density at radius 2 is 2.17 bits per heavy atom. The molecule has 0 aromatic carbocycles. The molecule has 0 aliphatic carbocycles. The maximum atomic E-state index is 5.51. The van der Waals surface area contributed by atoms with Crippen molar-refractivity contribution in [1.29, 1.82) is 0 Å². The summed E-state index contributed by atoms with van der Waals surface area (Å²) in [6.45, 7) is 0. The highest BCUT2D eigenvalue weighted by atomic mass is 127. The lowest BCUT2D eigenvalue weighted by Crippen LogP contribution is -1.99. The first-order valence-electron chi connectivity index (χ1n) is 1.57. The van der Waals surface area contributed by atoms with Crippen LogP contribution in [0.25, 0.3) is 0 Å². The summed E-state index contributed by atoms with van der Waals surface area (Å²) in [6.07, 6.45) is 0. The van der Waals surface area contributed by atoms with Crippen molar-refractivity contribution in [3.05, 3.63) is 0 Å². The highest BCUT2D eigenvalue weighted by molar-refractivity contribution is 14.1. The van der Waals surface area contributed by atoms with Gasteiger partial charge in [-0.05, 0) is 0 Å². The summed E-state index contributed by atoms with van der Waals surface area (Å²) in [7, 11) is 0. The summed E-state index contributed by atoms with van der Waals surface area (Å²) in [6, 6.07) is 0.